The number of ether oxygens (including phenoxy) is 2. The molecule has 0 saturated carbocycles. The van der Waals surface area contributed by atoms with Crippen molar-refractivity contribution in [2.24, 2.45) is 0 Å². The third-order valence-corrected chi connectivity index (χ3v) is 4.63. The maximum absolute atomic E-state index is 10.7. The summed E-state index contributed by atoms with van der Waals surface area (Å²) >= 11 is 3.25. The zero-order valence-corrected chi connectivity index (χ0v) is 10.4. The molecule has 4 nitrogen and oxygen atoms in total. The van der Waals surface area contributed by atoms with Gasteiger partial charge >= 0.3 is 6.16 Å². The molecule has 0 bridgehead atoms. The summed E-state index contributed by atoms with van der Waals surface area (Å²) in [4.78, 5) is 15.2. The summed E-state index contributed by atoms with van der Waals surface area (Å²) in [7, 11) is 0. The molecule has 1 aliphatic heterocycles. The standard InChI is InChI=1S/C11H9NO3S2/c13-11-14-5-7(15-11)6-16-10-12-8-3-1-2-4-9(8)17-10/h1-4,7H,5-6H2. The molecule has 1 aliphatic rings. The summed E-state index contributed by atoms with van der Waals surface area (Å²) in [6.07, 6.45) is -0.723. The maximum Gasteiger partial charge on any atom is 0.508 e. The van der Waals surface area contributed by atoms with E-state index in [4.69, 9.17) is 9.47 Å². The van der Waals surface area contributed by atoms with Gasteiger partial charge in [-0.1, -0.05) is 23.9 Å². The molecule has 17 heavy (non-hydrogen) atoms. The molecule has 1 unspecified atom stereocenters. The van der Waals surface area contributed by atoms with Gasteiger partial charge in [-0.25, -0.2) is 9.78 Å². The molecule has 6 heteroatoms. The van der Waals surface area contributed by atoms with E-state index in [0.29, 0.717) is 12.4 Å². The molecule has 2 heterocycles. The molecule has 0 N–H and O–H groups in total. The van der Waals surface area contributed by atoms with Crippen LogP contribution in [0.5, 0.6) is 0 Å². The maximum atomic E-state index is 10.7. The Morgan fingerprint density at radius 2 is 2.35 bits per heavy atom. The number of carbonyl (C=O) groups excluding carboxylic acids is 1. The minimum Gasteiger partial charge on any atom is -0.430 e. The zero-order chi connectivity index (χ0) is 11.7. The van der Waals surface area contributed by atoms with Crippen LogP contribution in [-0.4, -0.2) is 29.6 Å². The van der Waals surface area contributed by atoms with Crippen molar-refractivity contribution in [2.45, 2.75) is 10.4 Å². The number of hydrogen-bond acceptors (Lipinski definition) is 6. The van der Waals surface area contributed by atoms with Crippen LogP contribution >= 0.6 is 23.1 Å². The molecule has 1 atom stereocenters. The molecule has 0 spiro atoms. The highest BCUT2D eigenvalue weighted by molar-refractivity contribution is 8.01. The first-order chi connectivity index (χ1) is 8.31. The quantitative estimate of drug-likeness (QED) is 0.632. The lowest BCUT2D eigenvalue weighted by Gasteiger charge is -2.02. The first kappa shape index (κ1) is 10.9. The molecule has 88 valence electrons. The van der Waals surface area contributed by atoms with Crippen LogP contribution in [0, 0.1) is 0 Å². The van der Waals surface area contributed by atoms with Crippen molar-refractivity contribution in [3.8, 4) is 0 Å². The third kappa shape index (κ3) is 2.37. The van der Waals surface area contributed by atoms with Gasteiger partial charge in [-0.2, -0.15) is 0 Å². The van der Waals surface area contributed by atoms with E-state index in [9.17, 15) is 4.79 Å². The highest BCUT2D eigenvalue weighted by atomic mass is 32.2. The van der Waals surface area contributed by atoms with Crippen LogP contribution in [0.15, 0.2) is 28.6 Å². The van der Waals surface area contributed by atoms with Gasteiger partial charge in [0.25, 0.3) is 0 Å². The van der Waals surface area contributed by atoms with Gasteiger partial charge in [0.05, 0.1) is 10.2 Å². The van der Waals surface area contributed by atoms with E-state index in [-0.39, 0.29) is 6.10 Å². The Labute approximate surface area is 106 Å². The van der Waals surface area contributed by atoms with Gasteiger partial charge in [0.1, 0.15) is 12.7 Å². The molecular weight excluding hydrogens is 258 g/mol. The SMILES string of the molecule is O=C1OCC(CSc2nc3ccccc3s2)O1. The number of para-hydroxylation sites is 1. The second-order valence-corrected chi connectivity index (χ2v) is 5.86. The van der Waals surface area contributed by atoms with E-state index in [2.05, 4.69) is 11.1 Å². The first-order valence-corrected chi connectivity index (χ1v) is 6.93. The Morgan fingerprint density at radius 3 is 3.12 bits per heavy atom. The summed E-state index contributed by atoms with van der Waals surface area (Å²) in [6.45, 7) is 0.344. The first-order valence-electron chi connectivity index (χ1n) is 5.13. The summed E-state index contributed by atoms with van der Waals surface area (Å²) in [6, 6.07) is 8.02. The zero-order valence-electron chi connectivity index (χ0n) is 8.79. The second-order valence-electron chi connectivity index (χ2n) is 3.56. The number of aromatic nitrogens is 1. The van der Waals surface area contributed by atoms with Gasteiger partial charge in [0, 0.05) is 5.75 Å². The molecule has 1 fully saturated rings. The molecule has 1 saturated heterocycles. The highest BCUT2D eigenvalue weighted by Gasteiger charge is 2.25. The molecule has 0 aliphatic carbocycles. The van der Waals surface area contributed by atoms with Crippen molar-refractivity contribution in [1.82, 2.24) is 4.98 Å². The van der Waals surface area contributed by atoms with Gasteiger partial charge in [-0.15, -0.1) is 11.3 Å². The Hall–Kier alpha value is -1.27. The normalized spacial score (nSPS) is 19.3. The van der Waals surface area contributed by atoms with Gasteiger partial charge in [-0.05, 0) is 12.1 Å². The lowest BCUT2D eigenvalue weighted by molar-refractivity contribution is 0.122. The Morgan fingerprint density at radius 1 is 1.47 bits per heavy atom. The number of benzene rings is 1. The number of cyclic esters (lactones) is 2. The van der Waals surface area contributed by atoms with Crippen molar-refractivity contribution in [3.05, 3.63) is 24.3 Å². The molecule has 2 aromatic rings. The molecule has 0 amide bonds. The lowest BCUT2D eigenvalue weighted by atomic mass is 10.3. The van der Waals surface area contributed by atoms with Crippen LogP contribution in [0.1, 0.15) is 0 Å². The van der Waals surface area contributed by atoms with Crippen molar-refractivity contribution >= 4 is 39.5 Å². The topological polar surface area (TPSA) is 48.4 Å². The number of thioether (sulfide) groups is 1. The third-order valence-electron chi connectivity index (χ3n) is 2.32. The summed E-state index contributed by atoms with van der Waals surface area (Å²) in [5.74, 6) is 0.686. The van der Waals surface area contributed by atoms with Gasteiger partial charge in [-0.3, -0.25) is 0 Å². The van der Waals surface area contributed by atoms with Crippen LogP contribution in [0.25, 0.3) is 10.2 Å². The minimum absolute atomic E-state index is 0.153. The fraction of sp³-hybridized carbons (Fsp3) is 0.273. The van der Waals surface area contributed by atoms with Crippen LogP contribution < -0.4 is 0 Å². The average Bonchev–Trinajstić information content (AvgIpc) is 2.91. The van der Waals surface area contributed by atoms with Crippen molar-refractivity contribution in [1.29, 1.82) is 0 Å². The highest BCUT2D eigenvalue weighted by Crippen LogP contribution is 2.30. The minimum atomic E-state index is -0.570. The summed E-state index contributed by atoms with van der Waals surface area (Å²) < 4.78 is 11.8. The fourth-order valence-corrected chi connectivity index (χ4v) is 3.59. The van der Waals surface area contributed by atoms with E-state index >= 15 is 0 Å². The number of rotatable bonds is 3. The molecule has 0 radical (unpaired) electrons. The van der Waals surface area contributed by atoms with Crippen LogP contribution in [0.4, 0.5) is 4.79 Å². The van der Waals surface area contributed by atoms with E-state index in [1.54, 1.807) is 23.1 Å². The second kappa shape index (κ2) is 4.54. The predicted octanol–water partition coefficient (Wildman–Crippen LogP) is 2.92. The predicted molar refractivity (Wildman–Crippen MR) is 66.6 cm³/mol. The number of carbonyl (C=O) groups is 1. The van der Waals surface area contributed by atoms with Crippen LogP contribution in [0.2, 0.25) is 0 Å². The van der Waals surface area contributed by atoms with Crippen molar-refractivity contribution in [2.75, 3.05) is 12.4 Å². The monoisotopic (exact) mass is 267 g/mol. The summed E-state index contributed by atoms with van der Waals surface area (Å²) in [5, 5.41) is 0. The van der Waals surface area contributed by atoms with Crippen molar-refractivity contribution < 1.29 is 14.3 Å². The fourth-order valence-electron chi connectivity index (χ4n) is 1.52. The van der Waals surface area contributed by atoms with Crippen LogP contribution in [0.3, 0.4) is 0 Å². The number of thiazole rings is 1. The molecule has 3 rings (SSSR count). The number of fused-ring (bicyclic) bond motifs is 1. The average molecular weight is 267 g/mol. The largest absolute Gasteiger partial charge is 0.508 e. The van der Waals surface area contributed by atoms with Gasteiger partial charge < -0.3 is 9.47 Å². The van der Waals surface area contributed by atoms with E-state index in [1.165, 1.54) is 4.70 Å². The van der Waals surface area contributed by atoms with E-state index < -0.39 is 6.16 Å². The van der Waals surface area contributed by atoms with E-state index in [0.717, 1.165) is 9.86 Å². The molecule has 1 aromatic heterocycles. The van der Waals surface area contributed by atoms with Crippen LogP contribution in [-0.2, 0) is 9.47 Å². The van der Waals surface area contributed by atoms with Gasteiger partial charge in [0.2, 0.25) is 0 Å². The molecular formula is C11H9NO3S2. The smallest absolute Gasteiger partial charge is 0.430 e. The van der Waals surface area contributed by atoms with Gasteiger partial charge in [0.15, 0.2) is 4.34 Å². The summed E-state index contributed by atoms with van der Waals surface area (Å²) in [5.41, 5.74) is 1.01. The Balaban J connectivity index is 1.66. The lowest BCUT2D eigenvalue weighted by Crippen LogP contribution is -2.12. The number of nitrogens with zero attached hydrogens (tertiary/aromatic N) is 1. The Bertz CT molecular complexity index is 521. The van der Waals surface area contributed by atoms with E-state index in [1.807, 2.05) is 18.2 Å². The Kier molecular flexibility index (Phi) is 2.90. The molecule has 1 aromatic carbocycles. The number of hydrogen-bond donors (Lipinski definition) is 0. The van der Waals surface area contributed by atoms with Crippen molar-refractivity contribution in [3.63, 3.8) is 0 Å².